The second-order valence-electron chi connectivity index (χ2n) is 4.07. The van der Waals surface area contributed by atoms with Gasteiger partial charge in [-0.3, -0.25) is 4.79 Å². The minimum absolute atomic E-state index is 0.234. The van der Waals surface area contributed by atoms with E-state index >= 15 is 0 Å². The summed E-state index contributed by atoms with van der Waals surface area (Å²) in [6, 6.07) is 10.1. The molecule has 88 valence electrons. The maximum Gasteiger partial charge on any atom is 0.303 e. The number of carbonyl (C=O) groups is 1. The number of nitrogens with two attached hydrogens (primary N) is 1. The van der Waals surface area contributed by atoms with Crippen LogP contribution in [0.1, 0.15) is 24.8 Å². The lowest BCUT2D eigenvalue weighted by Crippen LogP contribution is -2.13. The van der Waals surface area contributed by atoms with Gasteiger partial charge in [0, 0.05) is 6.42 Å². The summed E-state index contributed by atoms with van der Waals surface area (Å²) in [5, 5.41) is 8.67. The third-order valence-electron chi connectivity index (χ3n) is 2.71. The standard InChI is InChI=1S/C13H19NO2/c14-9-8-12(6-7-13(15)16)10-11-4-2-1-3-5-11/h1-5,12H,6-10,14H2,(H,15,16). The van der Waals surface area contributed by atoms with Gasteiger partial charge < -0.3 is 10.8 Å². The monoisotopic (exact) mass is 221 g/mol. The summed E-state index contributed by atoms with van der Waals surface area (Å²) in [6.07, 6.45) is 2.76. The number of aliphatic carboxylic acids is 1. The Bertz CT molecular complexity index is 311. The van der Waals surface area contributed by atoms with Crippen molar-refractivity contribution in [1.29, 1.82) is 0 Å². The van der Waals surface area contributed by atoms with Crippen molar-refractivity contribution >= 4 is 5.97 Å². The van der Waals surface area contributed by atoms with Gasteiger partial charge in [-0.15, -0.1) is 0 Å². The zero-order valence-corrected chi connectivity index (χ0v) is 9.43. The van der Waals surface area contributed by atoms with Gasteiger partial charge in [0.25, 0.3) is 0 Å². The van der Waals surface area contributed by atoms with Crippen LogP contribution in [-0.2, 0) is 11.2 Å². The second-order valence-corrected chi connectivity index (χ2v) is 4.07. The number of carboxylic acid groups (broad SMARTS) is 1. The maximum absolute atomic E-state index is 10.5. The van der Waals surface area contributed by atoms with Crippen LogP contribution in [0.3, 0.4) is 0 Å². The van der Waals surface area contributed by atoms with Gasteiger partial charge in [0.05, 0.1) is 0 Å². The normalized spacial score (nSPS) is 12.3. The summed E-state index contributed by atoms with van der Waals surface area (Å²) in [5.74, 6) is -0.349. The third-order valence-corrected chi connectivity index (χ3v) is 2.71. The predicted molar refractivity (Wildman–Crippen MR) is 64.2 cm³/mol. The Morgan fingerprint density at radius 3 is 2.50 bits per heavy atom. The van der Waals surface area contributed by atoms with Crippen molar-refractivity contribution in [1.82, 2.24) is 0 Å². The average molecular weight is 221 g/mol. The van der Waals surface area contributed by atoms with Crippen molar-refractivity contribution in [2.75, 3.05) is 6.54 Å². The highest BCUT2D eigenvalue weighted by Gasteiger charge is 2.10. The minimum atomic E-state index is -0.727. The molecule has 0 saturated carbocycles. The number of rotatable bonds is 7. The lowest BCUT2D eigenvalue weighted by Gasteiger charge is -2.14. The molecule has 0 spiro atoms. The highest BCUT2D eigenvalue weighted by Crippen LogP contribution is 2.17. The van der Waals surface area contributed by atoms with Gasteiger partial charge in [-0.05, 0) is 37.3 Å². The predicted octanol–water partition coefficient (Wildman–Crippen LogP) is 2.06. The number of benzene rings is 1. The van der Waals surface area contributed by atoms with Crippen molar-refractivity contribution in [2.24, 2.45) is 11.7 Å². The number of hydrogen-bond acceptors (Lipinski definition) is 2. The van der Waals surface area contributed by atoms with Crippen LogP contribution in [-0.4, -0.2) is 17.6 Å². The van der Waals surface area contributed by atoms with E-state index in [1.807, 2.05) is 18.2 Å². The van der Waals surface area contributed by atoms with Gasteiger partial charge in [0.2, 0.25) is 0 Å². The van der Waals surface area contributed by atoms with Crippen LogP contribution in [0, 0.1) is 5.92 Å². The fourth-order valence-corrected chi connectivity index (χ4v) is 1.86. The van der Waals surface area contributed by atoms with Crippen molar-refractivity contribution in [3.63, 3.8) is 0 Å². The van der Waals surface area contributed by atoms with E-state index in [2.05, 4.69) is 12.1 Å². The first-order valence-corrected chi connectivity index (χ1v) is 5.68. The highest BCUT2D eigenvalue weighted by atomic mass is 16.4. The van der Waals surface area contributed by atoms with E-state index in [0.29, 0.717) is 18.9 Å². The Balaban J connectivity index is 2.47. The highest BCUT2D eigenvalue weighted by molar-refractivity contribution is 5.66. The van der Waals surface area contributed by atoms with E-state index in [9.17, 15) is 4.79 Å². The van der Waals surface area contributed by atoms with Crippen LogP contribution >= 0.6 is 0 Å². The first-order valence-electron chi connectivity index (χ1n) is 5.68. The Kier molecular flexibility index (Phi) is 5.57. The summed E-state index contributed by atoms with van der Waals surface area (Å²) in [4.78, 5) is 10.5. The number of hydrogen-bond donors (Lipinski definition) is 2. The summed E-state index contributed by atoms with van der Waals surface area (Å²) in [7, 11) is 0. The molecule has 1 rings (SSSR count). The Labute approximate surface area is 96.3 Å². The number of carboxylic acids is 1. The van der Waals surface area contributed by atoms with Gasteiger partial charge in [0.1, 0.15) is 0 Å². The molecule has 0 heterocycles. The Hall–Kier alpha value is -1.35. The smallest absolute Gasteiger partial charge is 0.303 e. The quantitative estimate of drug-likeness (QED) is 0.740. The summed E-state index contributed by atoms with van der Waals surface area (Å²) in [5.41, 5.74) is 6.80. The molecule has 0 radical (unpaired) electrons. The van der Waals surface area contributed by atoms with Gasteiger partial charge in [-0.25, -0.2) is 0 Å². The van der Waals surface area contributed by atoms with Gasteiger partial charge in [0.15, 0.2) is 0 Å². The first-order chi connectivity index (χ1) is 7.72. The Morgan fingerprint density at radius 1 is 1.25 bits per heavy atom. The third kappa shape index (κ3) is 4.94. The molecule has 3 heteroatoms. The minimum Gasteiger partial charge on any atom is -0.481 e. The molecule has 1 aromatic carbocycles. The van der Waals surface area contributed by atoms with E-state index in [1.54, 1.807) is 0 Å². The van der Waals surface area contributed by atoms with Crippen LogP contribution < -0.4 is 5.73 Å². The van der Waals surface area contributed by atoms with Crippen molar-refractivity contribution in [3.05, 3.63) is 35.9 Å². The van der Waals surface area contributed by atoms with Crippen LogP contribution in [0.15, 0.2) is 30.3 Å². The Morgan fingerprint density at radius 2 is 1.94 bits per heavy atom. The van der Waals surface area contributed by atoms with Crippen LogP contribution in [0.4, 0.5) is 0 Å². The van der Waals surface area contributed by atoms with E-state index in [1.165, 1.54) is 5.56 Å². The van der Waals surface area contributed by atoms with Gasteiger partial charge in [-0.1, -0.05) is 30.3 Å². The van der Waals surface area contributed by atoms with E-state index in [4.69, 9.17) is 10.8 Å². The molecule has 0 aliphatic carbocycles. The largest absolute Gasteiger partial charge is 0.481 e. The summed E-state index contributed by atoms with van der Waals surface area (Å²) >= 11 is 0. The zero-order chi connectivity index (χ0) is 11.8. The molecular weight excluding hydrogens is 202 g/mol. The lowest BCUT2D eigenvalue weighted by atomic mass is 9.92. The second kappa shape index (κ2) is 7.01. The van der Waals surface area contributed by atoms with E-state index in [0.717, 1.165) is 12.8 Å². The van der Waals surface area contributed by atoms with Crippen molar-refractivity contribution < 1.29 is 9.90 Å². The van der Waals surface area contributed by atoms with Crippen LogP contribution in [0.25, 0.3) is 0 Å². The molecule has 1 atom stereocenters. The molecular formula is C13H19NO2. The fraction of sp³-hybridized carbons (Fsp3) is 0.462. The zero-order valence-electron chi connectivity index (χ0n) is 9.43. The first kappa shape index (κ1) is 12.7. The molecule has 16 heavy (non-hydrogen) atoms. The van der Waals surface area contributed by atoms with Crippen molar-refractivity contribution in [3.8, 4) is 0 Å². The van der Waals surface area contributed by atoms with Gasteiger partial charge >= 0.3 is 5.97 Å². The molecule has 0 amide bonds. The summed E-state index contributed by atoms with van der Waals surface area (Å²) in [6.45, 7) is 0.622. The topological polar surface area (TPSA) is 63.3 Å². The SMILES string of the molecule is NCCC(CCC(=O)O)Cc1ccccc1. The molecule has 0 aromatic heterocycles. The fourth-order valence-electron chi connectivity index (χ4n) is 1.86. The molecule has 1 unspecified atom stereocenters. The average Bonchev–Trinajstić information content (AvgIpc) is 2.27. The molecule has 0 bridgehead atoms. The van der Waals surface area contributed by atoms with E-state index in [-0.39, 0.29) is 6.42 Å². The lowest BCUT2D eigenvalue weighted by molar-refractivity contribution is -0.137. The summed E-state index contributed by atoms with van der Waals surface area (Å²) < 4.78 is 0. The van der Waals surface area contributed by atoms with Crippen LogP contribution in [0.5, 0.6) is 0 Å². The maximum atomic E-state index is 10.5. The van der Waals surface area contributed by atoms with Crippen LogP contribution in [0.2, 0.25) is 0 Å². The van der Waals surface area contributed by atoms with E-state index < -0.39 is 5.97 Å². The molecule has 0 saturated heterocycles. The van der Waals surface area contributed by atoms with Gasteiger partial charge in [-0.2, -0.15) is 0 Å². The molecule has 0 fully saturated rings. The van der Waals surface area contributed by atoms with Crippen molar-refractivity contribution in [2.45, 2.75) is 25.7 Å². The molecule has 1 aromatic rings. The molecule has 3 nitrogen and oxygen atoms in total. The molecule has 0 aliphatic rings. The molecule has 3 N–H and O–H groups in total. The molecule has 0 aliphatic heterocycles.